The molecule has 3 nitrogen and oxygen atoms in total. The molecule has 0 fully saturated rings. The molecule has 0 bridgehead atoms. The lowest BCUT2D eigenvalue weighted by atomic mass is 10.1. The van der Waals surface area contributed by atoms with Crippen LogP contribution >= 0.6 is 27.5 Å². The van der Waals surface area contributed by atoms with Crippen molar-refractivity contribution in [3.63, 3.8) is 0 Å². The third-order valence-corrected chi connectivity index (χ3v) is 5.78. The Balaban J connectivity index is 2.46. The van der Waals surface area contributed by atoms with E-state index in [1.54, 1.807) is 26.0 Å². The lowest BCUT2D eigenvalue weighted by molar-refractivity contribution is 0.597. The predicted molar refractivity (Wildman–Crippen MR) is 85.8 cm³/mol. The minimum atomic E-state index is -3.81. The fourth-order valence-electron chi connectivity index (χ4n) is 2.09. The van der Waals surface area contributed by atoms with E-state index in [2.05, 4.69) is 20.7 Å². The Morgan fingerprint density at radius 3 is 2.24 bits per heavy atom. The van der Waals surface area contributed by atoms with E-state index in [0.29, 0.717) is 26.3 Å². The summed E-state index contributed by atoms with van der Waals surface area (Å²) in [6, 6.07) is 7.11. The third kappa shape index (κ3) is 3.56. The fourth-order valence-corrected chi connectivity index (χ4v) is 4.02. The van der Waals surface area contributed by atoms with E-state index in [1.807, 2.05) is 0 Å². The Labute approximate surface area is 136 Å². The van der Waals surface area contributed by atoms with Crippen molar-refractivity contribution in [2.45, 2.75) is 18.7 Å². The number of rotatable bonds is 3. The zero-order chi connectivity index (χ0) is 15.8. The molecule has 7 heteroatoms. The van der Waals surface area contributed by atoms with Crippen LogP contribution < -0.4 is 4.72 Å². The van der Waals surface area contributed by atoms with E-state index in [4.69, 9.17) is 11.6 Å². The molecule has 2 aromatic carbocycles. The summed E-state index contributed by atoms with van der Waals surface area (Å²) in [5.74, 6) is -0.462. The topological polar surface area (TPSA) is 46.2 Å². The van der Waals surface area contributed by atoms with E-state index in [0.717, 1.165) is 0 Å². The number of hydrogen-bond acceptors (Lipinski definition) is 2. The zero-order valence-corrected chi connectivity index (χ0v) is 14.4. The molecule has 0 radical (unpaired) electrons. The summed E-state index contributed by atoms with van der Waals surface area (Å²) >= 11 is 9.17. The van der Waals surface area contributed by atoms with Crippen molar-refractivity contribution in [1.29, 1.82) is 0 Å². The molecule has 0 aromatic heterocycles. The number of hydrogen-bond donors (Lipinski definition) is 1. The van der Waals surface area contributed by atoms with Crippen molar-refractivity contribution in [1.82, 2.24) is 0 Å². The number of sulfonamides is 1. The van der Waals surface area contributed by atoms with Gasteiger partial charge in [0.25, 0.3) is 10.0 Å². The average molecular weight is 393 g/mol. The quantitative estimate of drug-likeness (QED) is 0.826. The minimum absolute atomic E-state index is 0.0722. The standard InChI is InChI=1S/C14H12BrClFNO2S/c1-8-5-10(17)6-9(2)14(8)21(19,20)18-11-3-4-12(15)13(16)7-11/h3-7,18H,1-2H3. The molecule has 0 atom stereocenters. The van der Waals surface area contributed by atoms with Crippen molar-refractivity contribution in [3.8, 4) is 0 Å². The van der Waals surface area contributed by atoms with Crippen LogP contribution in [0, 0.1) is 19.7 Å². The Bertz CT molecular complexity index is 786. The van der Waals surface area contributed by atoms with Crippen molar-refractivity contribution in [2.75, 3.05) is 4.72 Å². The van der Waals surface area contributed by atoms with Crippen molar-refractivity contribution in [3.05, 3.63) is 56.8 Å². The zero-order valence-electron chi connectivity index (χ0n) is 11.2. The summed E-state index contributed by atoms with van der Waals surface area (Å²) in [7, 11) is -3.81. The highest BCUT2D eigenvalue weighted by Gasteiger charge is 2.20. The lowest BCUT2D eigenvalue weighted by Gasteiger charge is -2.13. The summed E-state index contributed by atoms with van der Waals surface area (Å²) in [5, 5.41) is 0.391. The molecule has 0 saturated heterocycles. The van der Waals surface area contributed by atoms with Gasteiger partial charge in [0.1, 0.15) is 5.82 Å². The number of aryl methyl sites for hydroxylation is 2. The second-order valence-corrected chi connectivity index (χ2v) is 7.48. The number of benzene rings is 2. The summed E-state index contributed by atoms with van der Waals surface area (Å²) in [4.78, 5) is 0.0722. The third-order valence-electron chi connectivity index (χ3n) is 2.87. The molecule has 0 unspecified atom stereocenters. The van der Waals surface area contributed by atoms with Gasteiger partial charge in [-0.3, -0.25) is 4.72 Å². The summed E-state index contributed by atoms with van der Waals surface area (Å²) < 4.78 is 41.3. The minimum Gasteiger partial charge on any atom is -0.280 e. The summed E-state index contributed by atoms with van der Waals surface area (Å²) in [6.07, 6.45) is 0. The van der Waals surface area contributed by atoms with E-state index in [9.17, 15) is 12.8 Å². The Morgan fingerprint density at radius 1 is 1.14 bits per heavy atom. The smallest absolute Gasteiger partial charge is 0.262 e. The molecular weight excluding hydrogens is 381 g/mol. The van der Waals surface area contributed by atoms with Crippen molar-refractivity contribution in [2.24, 2.45) is 0 Å². The van der Waals surface area contributed by atoms with Gasteiger partial charge in [0.2, 0.25) is 0 Å². The van der Waals surface area contributed by atoms with Gasteiger partial charge in [-0.15, -0.1) is 0 Å². The average Bonchev–Trinajstić information content (AvgIpc) is 2.31. The van der Waals surface area contributed by atoms with Crippen LogP contribution in [-0.2, 0) is 10.0 Å². The maximum Gasteiger partial charge on any atom is 0.262 e. The van der Waals surface area contributed by atoms with Gasteiger partial charge in [-0.2, -0.15) is 0 Å². The van der Waals surface area contributed by atoms with Crippen LogP contribution in [0.4, 0.5) is 10.1 Å². The second kappa shape index (κ2) is 5.94. The van der Waals surface area contributed by atoms with Crippen LogP contribution in [0.5, 0.6) is 0 Å². The molecule has 0 amide bonds. The monoisotopic (exact) mass is 391 g/mol. The van der Waals surface area contributed by atoms with Crippen molar-refractivity contribution >= 4 is 43.2 Å². The Hall–Kier alpha value is -1.11. The molecule has 0 aliphatic heterocycles. The molecule has 2 aromatic rings. The summed E-state index contributed by atoms with van der Waals surface area (Å²) in [6.45, 7) is 3.11. The van der Waals surface area contributed by atoms with Gasteiger partial charge >= 0.3 is 0 Å². The first-order chi connectivity index (χ1) is 9.70. The lowest BCUT2D eigenvalue weighted by Crippen LogP contribution is -2.16. The van der Waals surface area contributed by atoms with Gasteiger partial charge in [-0.05, 0) is 71.2 Å². The van der Waals surface area contributed by atoms with Crippen LogP contribution in [0.3, 0.4) is 0 Å². The Morgan fingerprint density at radius 2 is 1.71 bits per heavy atom. The maximum atomic E-state index is 13.3. The molecular formula is C14H12BrClFNO2S. The predicted octanol–water partition coefficient (Wildman–Crippen LogP) is 4.66. The molecule has 0 saturated carbocycles. The van der Waals surface area contributed by atoms with Gasteiger partial charge in [0.05, 0.1) is 15.6 Å². The normalized spacial score (nSPS) is 11.5. The van der Waals surface area contributed by atoms with Crippen LogP contribution in [-0.4, -0.2) is 8.42 Å². The first kappa shape index (κ1) is 16.3. The van der Waals surface area contributed by atoms with Crippen LogP contribution in [0.25, 0.3) is 0 Å². The first-order valence-corrected chi connectivity index (χ1v) is 8.61. The molecule has 0 aliphatic carbocycles. The largest absolute Gasteiger partial charge is 0.280 e. The molecule has 21 heavy (non-hydrogen) atoms. The van der Waals surface area contributed by atoms with Gasteiger partial charge in [-0.25, -0.2) is 12.8 Å². The van der Waals surface area contributed by atoms with Gasteiger partial charge < -0.3 is 0 Å². The molecule has 1 N–H and O–H groups in total. The maximum absolute atomic E-state index is 13.3. The highest BCUT2D eigenvalue weighted by Crippen LogP contribution is 2.28. The van der Waals surface area contributed by atoms with Crippen LogP contribution in [0.1, 0.15) is 11.1 Å². The SMILES string of the molecule is Cc1cc(F)cc(C)c1S(=O)(=O)Nc1ccc(Br)c(Cl)c1. The highest BCUT2D eigenvalue weighted by molar-refractivity contribution is 9.10. The Kier molecular flexibility index (Phi) is 4.60. The molecule has 0 heterocycles. The van der Waals surface area contributed by atoms with Gasteiger partial charge in [0.15, 0.2) is 0 Å². The number of halogens is 3. The molecule has 0 aliphatic rings. The van der Waals surface area contributed by atoms with Crippen LogP contribution in [0.15, 0.2) is 39.7 Å². The summed E-state index contributed by atoms with van der Waals surface area (Å²) in [5.41, 5.74) is 1.04. The van der Waals surface area contributed by atoms with E-state index >= 15 is 0 Å². The number of nitrogens with one attached hydrogen (secondary N) is 1. The van der Waals surface area contributed by atoms with Crippen LogP contribution in [0.2, 0.25) is 5.02 Å². The van der Waals surface area contributed by atoms with E-state index in [-0.39, 0.29) is 4.90 Å². The van der Waals surface area contributed by atoms with Gasteiger partial charge in [0, 0.05) is 4.47 Å². The number of anilines is 1. The molecule has 112 valence electrons. The van der Waals surface area contributed by atoms with Crippen molar-refractivity contribution < 1.29 is 12.8 Å². The fraction of sp³-hybridized carbons (Fsp3) is 0.143. The highest BCUT2D eigenvalue weighted by atomic mass is 79.9. The first-order valence-electron chi connectivity index (χ1n) is 5.95. The second-order valence-electron chi connectivity index (χ2n) is 4.60. The molecule has 0 spiro atoms. The van der Waals surface area contributed by atoms with Gasteiger partial charge in [-0.1, -0.05) is 11.6 Å². The van der Waals surface area contributed by atoms with E-state index in [1.165, 1.54) is 18.2 Å². The van der Waals surface area contributed by atoms with E-state index < -0.39 is 15.8 Å². The molecule has 2 rings (SSSR count).